The number of rotatable bonds is 3. The highest BCUT2D eigenvalue weighted by Gasteiger charge is 2.23. The first-order valence-corrected chi connectivity index (χ1v) is 5.15. The van der Waals surface area contributed by atoms with Gasteiger partial charge in [0.25, 0.3) is 5.88 Å². The van der Waals surface area contributed by atoms with Crippen LogP contribution in [0, 0.1) is 17.0 Å². The van der Waals surface area contributed by atoms with Crippen molar-refractivity contribution in [2.45, 2.75) is 19.4 Å². The minimum atomic E-state index is -0.461. The number of nitrogens with one attached hydrogen (secondary N) is 1. The highest BCUT2D eigenvalue weighted by Crippen LogP contribution is 2.26. The third kappa shape index (κ3) is 2.27. The fourth-order valence-corrected chi connectivity index (χ4v) is 1.65. The molecule has 16 heavy (non-hydrogen) atoms. The highest BCUT2D eigenvalue weighted by atomic mass is 16.6. The van der Waals surface area contributed by atoms with E-state index in [1.165, 1.54) is 6.07 Å². The molecule has 0 radical (unpaired) electrons. The molecule has 1 atom stereocenters. The van der Waals surface area contributed by atoms with Crippen LogP contribution in [-0.4, -0.2) is 29.1 Å². The molecule has 2 heterocycles. The van der Waals surface area contributed by atoms with Crippen LogP contribution in [0.25, 0.3) is 0 Å². The Labute approximate surface area is 92.8 Å². The predicted molar refractivity (Wildman–Crippen MR) is 57.5 cm³/mol. The van der Waals surface area contributed by atoms with E-state index in [0.717, 1.165) is 18.5 Å². The first-order valence-electron chi connectivity index (χ1n) is 5.15. The second-order valence-corrected chi connectivity index (χ2v) is 3.83. The smallest absolute Gasteiger partial charge is 0.331 e. The van der Waals surface area contributed by atoms with Gasteiger partial charge in [0.2, 0.25) is 0 Å². The Morgan fingerprint density at radius 2 is 2.50 bits per heavy atom. The van der Waals surface area contributed by atoms with E-state index in [-0.39, 0.29) is 17.7 Å². The molecular formula is C10H13N3O3. The quantitative estimate of drug-likeness (QED) is 0.612. The van der Waals surface area contributed by atoms with Crippen molar-refractivity contribution < 1.29 is 9.66 Å². The molecule has 1 aromatic rings. The van der Waals surface area contributed by atoms with Crippen molar-refractivity contribution in [3.05, 3.63) is 27.9 Å². The summed E-state index contributed by atoms with van der Waals surface area (Å²) < 4.78 is 5.51. The largest absolute Gasteiger partial charge is 0.468 e. The lowest BCUT2D eigenvalue weighted by Gasteiger charge is -2.11. The number of pyridine rings is 1. The average Bonchev–Trinajstić information content (AvgIpc) is 2.73. The molecular weight excluding hydrogens is 210 g/mol. The van der Waals surface area contributed by atoms with Crippen LogP contribution in [0.4, 0.5) is 5.69 Å². The van der Waals surface area contributed by atoms with Gasteiger partial charge in [0, 0.05) is 18.8 Å². The van der Waals surface area contributed by atoms with E-state index in [9.17, 15) is 10.1 Å². The van der Waals surface area contributed by atoms with Crippen molar-refractivity contribution in [3.63, 3.8) is 0 Å². The summed E-state index contributed by atoms with van der Waals surface area (Å²) in [5.41, 5.74) is 0.690. The van der Waals surface area contributed by atoms with E-state index >= 15 is 0 Å². The molecule has 1 saturated heterocycles. The van der Waals surface area contributed by atoms with Crippen molar-refractivity contribution in [2.24, 2.45) is 0 Å². The van der Waals surface area contributed by atoms with Gasteiger partial charge < -0.3 is 10.1 Å². The molecule has 0 amide bonds. The van der Waals surface area contributed by atoms with Gasteiger partial charge in [-0.2, -0.15) is 0 Å². The zero-order chi connectivity index (χ0) is 11.5. The second kappa shape index (κ2) is 4.44. The van der Waals surface area contributed by atoms with Crippen molar-refractivity contribution >= 4 is 5.69 Å². The maximum Gasteiger partial charge on any atom is 0.331 e. The predicted octanol–water partition coefficient (Wildman–Crippen LogP) is 1.04. The minimum Gasteiger partial charge on any atom is -0.468 e. The molecule has 1 unspecified atom stereocenters. The number of nitrogens with zero attached hydrogens (tertiary/aromatic N) is 2. The standard InChI is InChI=1S/C10H13N3O3/c1-7-4-9(13(14)15)10(12-5-7)16-8-2-3-11-6-8/h4-5,8,11H,2-3,6H2,1H3. The maximum absolute atomic E-state index is 10.8. The lowest BCUT2D eigenvalue weighted by Crippen LogP contribution is -2.20. The Bertz CT molecular complexity index is 402. The van der Waals surface area contributed by atoms with Crippen molar-refractivity contribution in [2.75, 3.05) is 13.1 Å². The Morgan fingerprint density at radius 3 is 3.12 bits per heavy atom. The van der Waals surface area contributed by atoms with Gasteiger partial charge in [0.15, 0.2) is 0 Å². The molecule has 6 heteroatoms. The molecule has 0 aromatic carbocycles. The van der Waals surface area contributed by atoms with E-state index in [4.69, 9.17) is 4.74 Å². The van der Waals surface area contributed by atoms with Crippen LogP contribution in [0.15, 0.2) is 12.3 Å². The monoisotopic (exact) mass is 223 g/mol. The van der Waals surface area contributed by atoms with Crippen molar-refractivity contribution in [1.29, 1.82) is 0 Å². The molecule has 1 aliphatic rings. The lowest BCUT2D eigenvalue weighted by atomic mass is 10.3. The second-order valence-electron chi connectivity index (χ2n) is 3.83. The van der Waals surface area contributed by atoms with Gasteiger partial charge in [0.05, 0.1) is 4.92 Å². The topological polar surface area (TPSA) is 77.3 Å². The van der Waals surface area contributed by atoms with Crippen LogP contribution in [0.1, 0.15) is 12.0 Å². The van der Waals surface area contributed by atoms with Crippen LogP contribution < -0.4 is 10.1 Å². The molecule has 6 nitrogen and oxygen atoms in total. The van der Waals surface area contributed by atoms with E-state index in [1.54, 1.807) is 13.1 Å². The molecule has 1 fully saturated rings. The van der Waals surface area contributed by atoms with Crippen LogP contribution in [0.3, 0.4) is 0 Å². The van der Waals surface area contributed by atoms with E-state index in [2.05, 4.69) is 10.3 Å². The summed E-state index contributed by atoms with van der Waals surface area (Å²) in [6, 6.07) is 1.48. The van der Waals surface area contributed by atoms with Crippen molar-refractivity contribution in [1.82, 2.24) is 10.3 Å². The normalized spacial score (nSPS) is 19.7. The highest BCUT2D eigenvalue weighted by molar-refractivity contribution is 5.42. The maximum atomic E-state index is 10.8. The van der Waals surface area contributed by atoms with E-state index < -0.39 is 4.92 Å². The van der Waals surface area contributed by atoms with E-state index in [1.807, 2.05) is 0 Å². The van der Waals surface area contributed by atoms with Gasteiger partial charge >= 0.3 is 5.69 Å². The molecule has 0 saturated carbocycles. The Balaban J connectivity index is 2.21. The van der Waals surface area contributed by atoms with Crippen molar-refractivity contribution in [3.8, 4) is 5.88 Å². The Kier molecular flexibility index (Phi) is 3.00. The molecule has 0 aliphatic carbocycles. The molecule has 2 rings (SSSR count). The Morgan fingerprint density at radius 1 is 1.69 bits per heavy atom. The molecule has 1 aliphatic heterocycles. The summed E-state index contributed by atoms with van der Waals surface area (Å²) in [6.45, 7) is 3.36. The Hall–Kier alpha value is -1.69. The van der Waals surface area contributed by atoms with E-state index in [0.29, 0.717) is 6.54 Å². The van der Waals surface area contributed by atoms with Gasteiger partial charge in [-0.1, -0.05) is 0 Å². The molecule has 86 valence electrons. The van der Waals surface area contributed by atoms with Crippen LogP contribution in [0.5, 0.6) is 5.88 Å². The third-order valence-corrected chi connectivity index (χ3v) is 2.46. The fourth-order valence-electron chi connectivity index (χ4n) is 1.65. The number of aromatic nitrogens is 1. The fraction of sp³-hybridized carbons (Fsp3) is 0.500. The molecule has 0 bridgehead atoms. The zero-order valence-electron chi connectivity index (χ0n) is 8.97. The third-order valence-electron chi connectivity index (χ3n) is 2.46. The average molecular weight is 223 g/mol. The first-order chi connectivity index (χ1) is 7.66. The molecule has 1 aromatic heterocycles. The van der Waals surface area contributed by atoms with Gasteiger partial charge in [-0.3, -0.25) is 10.1 Å². The number of hydrogen-bond donors (Lipinski definition) is 1. The van der Waals surface area contributed by atoms with Gasteiger partial charge in [-0.15, -0.1) is 0 Å². The minimum absolute atomic E-state index is 0.0195. The summed E-state index contributed by atoms with van der Waals surface area (Å²) >= 11 is 0. The summed E-state index contributed by atoms with van der Waals surface area (Å²) in [7, 11) is 0. The number of ether oxygens (including phenoxy) is 1. The van der Waals surface area contributed by atoms with Gasteiger partial charge in [-0.25, -0.2) is 4.98 Å². The first kappa shape index (κ1) is 10.8. The molecule has 1 N–H and O–H groups in total. The van der Waals surface area contributed by atoms with Crippen LogP contribution >= 0.6 is 0 Å². The summed E-state index contributed by atoms with van der Waals surface area (Å²) in [6.07, 6.45) is 2.41. The summed E-state index contributed by atoms with van der Waals surface area (Å²) in [5, 5.41) is 13.9. The molecule has 0 spiro atoms. The van der Waals surface area contributed by atoms with Crippen LogP contribution in [-0.2, 0) is 0 Å². The summed E-state index contributed by atoms with van der Waals surface area (Å²) in [5.74, 6) is 0.115. The van der Waals surface area contributed by atoms with Gasteiger partial charge in [0.1, 0.15) is 6.10 Å². The zero-order valence-corrected chi connectivity index (χ0v) is 8.97. The number of hydrogen-bond acceptors (Lipinski definition) is 5. The summed E-state index contributed by atoms with van der Waals surface area (Å²) in [4.78, 5) is 14.3. The lowest BCUT2D eigenvalue weighted by molar-refractivity contribution is -0.386. The number of aryl methyl sites for hydroxylation is 1. The van der Waals surface area contributed by atoms with Crippen LogP contribution in [0.2, 0.25) is 0 Å². The SMILES string of the molecule is Cc1cnc(OC2CCNC2)c([N+](=O)[O-])c1. The van der Waals surface area contributed by atoms with Gasteiger partial charge in [-0.05, 0) is 25.5 Å². The number of nitro groups is 1.